The van der Waals surface area contributed by atoms with Gasteiger partial charge in [0.2, 0.25) is 0 Å². The zero-order valence-corrected chi connectivity index (χ0v) is 66.6. The van der Waals surface area contributed by atoms with Crippen molar-refractivity contribution in [3.8, 4) is 98.8 Å². The highest BCUT2D eigenvalue weighted by molar-refractivity contribution is 7.18. The van der Waals surface area contributed by atoms with Gasteiger partial charge in [0, 0.05) is 88.8 Å². The summed E-state index contributed by atoms with van der Waals surface area (Å²) in [6, 6.07) is 160. The van der Waals surface area contributed by atoms with Crippen molar-refractivity contribution in [2.24, 2.45) is 0 Å². The third-order valence-electron chi connectivity index (χ3n) is 23.9. The Morgan fingerprint density at radius 2 is 0.376 bits per heavy atom. The van der Waals surface area contributed by atoms with Gasteiger partial charge in [0.15, 0.2) is 0 Å². The third kappa shape index (κ3) is 13.6. The Morgan fingerprint density at radius 3 is 0.761 bits per heavy atom. The number of benzene rings is 17. The molecule has 0 fully saturated rings. The summed E-state index contributed by atoms with van der Waals surface area (Å²) in [4.78, 5) is 12.0. The van der Waals surface area contributed by atoms with E-state index in [0.717, 1.165) is 102 Å². The second-order valence-electron chi connectivity index (χ2n) is 31.7. The van der Waals surface area contributed by atoms with E-state index >= 15 is 0 Å². The first-order valence-electron chi connectivity index (χ1n) is 40.4. The molecule has 0 unspecified atom stereocenters. The van der Waals surface area contributed by atoms with E-state index in [1.165, 1.54) is 87.6 Å². The van der Waals surface area contributed by atoms with Crippen molar-refractivity contribution in [2.45, 2.75) is 38.5 Å². The Morgan fingerprint density at radius 1 is 0.154 bits per heavy atom. The molecule has 17 aromatic carbocycles. The molecule has 1 heterocycles. The molecule has 0 saturated heterocycles. The molecule has 18 aromatic rings. The smallest absolute Gasteiger partial charge is 0.0465 e. The van der Waals surface area contributed by atoms with Gasteiger partial charge in [-0.2, -0.15) is 0 Å². The summed E-state index contributed by atoms with van der Waals surface area (Å²) in [5.74, 6) is 0. The van der Waals surface area contributed by atoms with Gasteiger partial charge in [-0.25, -0.2) is 0 Å². The van der Waals surface area contributed by atoms with Gasteiger partial charge in [0.1, 0.15) is 0 Å². The van der Waals surface area contributed by atoms with Crippen LogP contribution in [0.15, 0.2) is 437 Å². The summed E-state index contributed by atoms with van der Waals surface area (Å²) in [5.41, 5.74) is 37.5. The quantitative estimate of drug-likeness (QED) is 0.0800. The fourth-order valence-electron chi connectivity index (χ4n) is 17.7. The van der Waals surface area contributed by atoms with Crippen molar-refractivity contribution in [1.29, 1.82) is 0 Å². The SMILES string of the molecule is CC1(C)c2ccccc2-c2ccc(N(c3ccccc3)c3ccc(-c4ccc(N(c5ccccc5)c5ccc6c(c5)C(C)(C)c5cc(-c7cccc(-c8ccc(N(c9ccc(-c%10ccccc%10)cc9)c9ccc(-c%10ccc(N(c%11ccccc%11)c%11ccc(-c%12ccc(-c%13ccccc%13)s%12)cc%11)cc%10)cc9)cc8)c7)ccc5-6)cc4)cc3)cc21. The van der Waals surface area contributed by atoms with Crippen LogP contribution in [-0.2, 0) is 10.8 Å². The monoisotopic (exact) mass is 1520 g/mol. The molecule has 0 radical (unpaired) electrons. The van der Waals surface area contributed by atoms with Gasteiger partial charge in [0.25, 0.3) is 0 Å². The Hall–Kier alpha value is -14.4. The molecule has 1 aromatic heterocycles. The van der Waals surface area contributed by atoms with Crippen LogP contribution >= 0.6 is 11.3 Å². The molecule has 0 aliphatic heterocycles. The Kier molecular flexibility index (Phi) is 18.5. The minimum Gasteiger partial charge on any atom is -0.311 e. The zero-order valence-electron chi connectivity index (χ0n) is 65.8. The van der Waals surface area contributed by atoms with E-state index in [0.29, 0.717) is 0 Å². The summed E-state index contributed by atoms with van der Waals surface area (Å²) >= 11 is 1.83. The lowest BCUT2D eigenvalue weighted by atomic mass is 9.81. The maximum atomic E-state index is 2.44. The van der Waals surface area contributed by atoms with Crippen LogP contribution in [0.25, 0.3) is 98.8 Å². The molecule has 20 rings (SSSR count). The average Bonchev–Trinajstić information content (AvgIpc) is 1.58. The van der Waals surface area contributed by atoms with E-state index in [-0.39, 0.29) is 10.8 Å². The molecule has 117 heavy (non-hydrogen) atoms. The Labute approximate surface area is 690 Å². The van der Waals surface area contributed by atoms with Gasteiger partial charge < -0.3 is 19.6 Å². The lowest BCUT2D eigenvalue weighted by molar-refractivity contribution is 0.660. The van der Waals surface area contributed by atoms with Gasteiger partial charge in [0.05, 0.1) is 0 Å². The van der Waals surface area contributed by atoms with Crippen molar-refractivity contribution < 1.29 is 0 Å². The lowest BCUT2D eigenvalue weighted by Crippen LogP contribution is -2.16. The van der Waals surface area contributed by atoms with Crippen molar-refractivity contribution in [1.82, 2.24) is 0 Å². The van der Waals surface area contributed by atoms with E-state index in [9.17, 15) is 0 Å². The van der Waals surface area contributed by atoms with Gasteiger partial charge in [-0.15, -0.1) is 11.3 Å². The lowest BCUT2D eigenvalue weighted by Gasteiger charge is -2.28. The number of nitrogens with zero attached hydrogens (tertiary/aromatic N) is 4. The first-order chi connectivity index (χ1) is 57.5. The third-order valence-corrected chi connectivity index (χ3v) is 25.1. The molecule has 0 amide bonds. The number of hydrogen-bond acceptors (Lipinski definition) is 5. The number of hydrogen-bond donors (Lipinski definition) is 0. The normalized spacial score (nSPS) is 12.6. The summed E-state index contributed by atoms with van der Waals surface area (Å²) < 4.78 is 0. The van der Waals surface area contributed by atoms with Crippen LogP contribution in [0.2, 0.25) is 0 Å². The number of thiophene rings is 1. The summed E-state index contributed by atoms with van der Waals surface area (Å²) in [6.07, 6.45) is 0. The molecule has 558 valence electrons. The number of fused-ring (bicyclic) bond motifs is 6. The van der Waals surface area contributed by atoms with E-state index in [4.69, 9.17) is 0 Å². The molecular formula is C112H84N4S. The molecule has 0 spiro atoms. The summed E-state index contributed by atoms with van der Waals surface area (Å²) in [5, 5.41) is 0. The largest absolute Gasteiger partial charge is 0.311 e. The van der Waals surface area contributed by atoms with E-state index < -0.39 is 0 Å². The first kappa shape index (κ1) is 71.7. The molecule has 0 N–H and O–H groups in total. The molecular weight excluding hydrogens is 1430 g/mol. The molecule has 5 heteroatoms. The fraction of sp³-hybridized carbons (Fsp3) is 0.0536. The first-order valence-corrected chi connectivity index (χ1v) is 41.2. The topological polar surface area (TPSA) is 13.0 Å². The standard InChI is InChI=1S/C112H84N4S/c1-111(2)105-36-21-20-35-101(105)103-69-66-99(75-107(103)111)115(90-31-16-8-17-32-90)97-58-43-81(44-59-97)82-45-60-98(61-46-82)116(91-33-18-9-19-34-91)100-67-70-104-102-68-51-88(74-106(102)112(3,4)108(104)76-100)87-28-22-27-86(73-87)83-47-62-95(63-48-83)114(93-52-37-78(38-53-93)77-23-10-5-11-24-77)94-56-41-80(42-57-94)79-39-54-92(55-40-79)113(89-29-14-7-15-30-89)96-64-49-85(50-65-96)110-72-71-109(117-110)84-25-12-6-13-26-84/h5-76H,1-4H3. The van der Waals surface area contributed by atoms with E-state index in [1.54, 1.807) is 0 Å². The maximum Gasteiger partial charge on any atom is 0.0465 e. The maximum absolute atomic E-state index is 2.44. The Bertz CT molecular complexity index is 6600. The fourth-order valence-corrected chi connectivity index (χ4v) is 18.8. The van der Waals surface area contributed by atoms with Crippen LogP contribution in [0.5, 0.6) is 0 Å². The van der Waals surface area contributed by atoms with Crippen LogP contribution < -0.4 is 19.6 Å². The molecule has 4 nitrogen and oxygen atoms in total. The summed E-state index contributed by atoms with van der Waals surface area (Å²) in [7, 11) is 0. The summed E-state index contributed by atoms with van der Waals surface area (Å²) in [6.45, 7) is 9.49. The van der Waals surface area contributed by atoms with Crippen LogP contribution in [0, 0.1) is 0 Å². The molecule has 0 bridgehead atoms. The average molecular weight is 1520 g/mol. The van der Waals surface area contributed by atoms with Crippen molar-refractivity contribution in [2.75, 3.05) is 19.6 Å². The van der Waals surface area contributed by atoms with Crippen LogP contribution in [0.1, 0.15) is 49.9 Å². The van der Waals surface area contributed by atoms with Gasteiger partial charge in [-0.3, -0.25) is 0 Å². The van der Waals surface area contributed by atoms with Crippen molar-refractivity contribution in [3.05, 3.63) is 459 Å². The number of anilines is 12. The number of para-hydroxylation sites is 3. The van der Waals surface area contributed by atoms with Gasteiger partial charge in [-0.1, -0.05) is 295 Å². The second kappa shape index (κ2) is 30.2. The predicted molar refractivity (Wildman–Crippen MR) is 496 cm³/mol. The van der Waals surface area contributed by atoms with Crippen LogP contribution in [0.4, 0.5) is 68.2 Å². The zero-order chi connectivity index (χ0) is 78.6. The minimum absolute atomic E-state index is 0.105. The number of rotatable bonds is 19. The van der Waals surface area contributed by atoms with E-state index in [1.807, 2.05) is 11.3 Å². The Balaban J connectivity index is 0.548. The molecule has 0 atom stereocenters. The van der Waals surface area contributed by atoms with Crippen molar-refractivity contribution in [3.63, 3.8) is 0 Å². The van der Waals surface area contributed by atoms with Crippen LogP contribution in [-0.4, -0.2) is 0 Å². The highest BCUT2D eigenvalue weighted by Gasteiger charge is 2.38. The van der Waals surface area contributed by atoms with Gasteiger partial charge in [-0.05, 0) is 281 Å². The van der Waals surface area contributed by atoms with Gasteiger partial charge >= 0.3 is 0 Å². The highest BCUT2D eigenvalue weighted by atomic mass is 32.1. The molecule has 2 aliphatic carbocycles. The second-order valence-corrected chi connectivity index (χ2v) is 32.8. The highest BCUT2D eigenvalue weighted by Crippen LogP contribution is 2.54. The molecule has 0 saturated carbocycles. The van der Waals surface area contributed by atoms with E-state index in [2.05, 4.69) is 484 Å². The van der Waals surface area contributed by atoms with Crippen LogP contribution in [0.3, 0.4) is 0 Å². The minimum atomic E-state index is -0.277. The predicted octanol–water partition coefficient (Wildman–Crippen LogP) is 31.9. The van der Waals surface area contributed by atoms with Crippen molar-refractivity contribution >= 4 is 79.6 Å². The molecule has 2 aliphatic rings.